The first-order chi connectivity index (χ1) is 13.0. The quantitative estimate of drug-likeness (QED) is 0.572. The van der Waals surface area contributed by atoms with Crippen molar-refractivity contribution < 1.29 is 19.4 Å². The van der Waals surface area contributed by atoms with E-state index in [1.807, 2.05) is 29.6 Å². The second-order valence-electron chi connectivity index (χ2n) is 6.43. The van der Waals surface area contributed by atoms with Gasteiger partial charge >= 0.3 is 5.97 Å². The maximum absolute atomic E-state index is 11.1. The molecule has 1 aromatic heterocycles. The lowest BCUT2D eigenvalue weighted by molar-refractivity contribution is -0.142. The molecule has 148 valence electrons. The minimum Gasteiger partial charge on any atom is -0.482 e. The van der Waals surface area contributed by atoms with Crippen LogP contribution >= 0.6 is 11.3 Å². The number of carbonyl (C=O) groups is 1. The van der Waals surface area contributed by atoms with Gasteiger partial charge in [-0.1, -0.05) is 26.0 Å². The van der Waals surface area contributed by atoms with E-state index in [0.717, 1.165) is 35.7 Å². The molecule has 0 aliphatic carbocycles. The third-order valence-electron chi connectivity index (χ3n) is 4.20. The molecule has 1 heterocycles. The fourth-order valence-electron chi connectivity index (χ4n) is 2.56. The fraction of sp³-hybridized carbons (Fsp3) is 0.500. The topological polar surface area (TPSA) is 80.7 Å². The normalized spacial score (nSPS) is 13.2. The Balaban J connectivity index is 1.75. The highest BCUT2D eigenvalue weighted by molar-refractivity contribution is 7.09. The van der Waals surface area contributed by atoms with Gasteiger partial charge in [0.2, 0.25) is 0 Å². The zero-order valence-corrected chi connectivity index (χ0v) is 16.9. The zero-order valence-electron chi connectivity index (χ0n) is 16.1. The Morgan fingerprint density at radius 2 is 2.04 bits per heavy atom. The molecule has 6 nitrogen and oxygen atoms in total. The Bertz CT molecular complexity index is 702. The predicted molar refractivity (Wildman–Crippen MR) is 106 cm³/mol. The average molecular weight is 393 g/mol. The molecule has 27 heavy (non-hydrogen) atoms. The molecule has 2 unspecified atom stereocenters. The highest BCUT2D eigenvalue weighted by Gasteiger charge is 2.13. The van der Waals surface area contributed by atoms with Gasteiger partial charge in [0.05, 0.1) is 17.8 Å². The van der Waals surface area contributed by atoms with Crippen molar-refractivity contribution in [1.29, 1.82) is 0 Å². The number of aromatic nitrogens is 1. The van der Waals surface area contributed by atoms with E-state index in [0.29, 0.717) is 12.3 Å². The second-order valence-corrected chi connectivity index (χ2v) is 7.37. The van der Waals surface area contributed by atoms with Gasteiger partial charge < -0.3 is 19.9 Å². The van der Waals surface area contributed by atoms with Crippen LogP contribution in [0.5, 0.6) is 5.75 Å². The predicted octanol–water partition coefficient (Wildman–Crippen LogP) is 3.07. The number of aliphatic hydroxyl groups excluding tert-OH is 1. The lowest BCUT2D eigenvalue weighted by atomic mass is 10.0. The van der Waals surface area contributed by atoms with Crippen molar-refractivity contribution in [3.8, 4) is 5.75 Å². The average Bonchev–Trinajstić information content (AvgIpc) is 3.15. The van der Waals surface area contributed by atoms with Gasteiger partial charge in [0, 0.05) is 18.5 Å². The van der Waals surface area contributed by atoms with Crippen LogP contribution in [0.3, 0.4) is 0 Å². The van der Waals surface area contributed by atoms with Crippen LogP contribution in [-0.4, -0.2) is 42.9 Å². The second kappa shape index (κ2) is 11.0. The van der Waals surface area contributed by atoms with Crippen LogP contribution in [0.25, 0.3) is 0 Å². The van der Waals surface area contributed by atoms with Gasteiger partial charge in [-0.2, -0.15) is 0 Å². The number of aliphatic hydroxyl groups is 1. The van der Waals surface area contributed by atoms with E-state index >= 15 is 0 Å². The molecule has 2 aromatic rings. The molecule has 0 aliphatic rings. The number of thiazole rings is 1. The van der Waals surface area contributed by atoms with E-state index in [4.69, 9.17) is 4.74 Å². The molecule has 2 N–H and O–H groups in total. The minimum absolute atomic E-state index is 0.0958. The van der Waals surface area contributed by atoms with Gasteiger partial charge in [-0.3, -0.25) is 0 Å². The Hall–Kier alpha value is -1.96. The maximum Gasteiger partial charge on any atom is 0.343 e. The lowest BCUT2D eigenvalue weighted by Crippen LogP contribution is -2.25. The molecule has 7 heteroatoms. The molecule has 0 spiro atoms. The van der Waals surface area contributed by atoms with Crippen LogP contribution in [0.15, 0.2) is 29.6 Å². The summed E-state index contributed by atoms with van der Waals surface area (Å²) in [6.07, 6.45) is 1.43. The summed E-state index contributed by atoms with van der Waals surface area (Å²) >= 11 is 1.61. The zero-order chi connectivity index (χ0) is 19.6. The van der Waals surface area contributed by atoms with Crippen molar-refractivity contribution >= 4 is 17.3 Å². The molecular formula is C20H28N2O4S. The highest BCUT2D eigenvalue weighted by Crippen LogP contribution is 2.20. The third kappa shape index (κ3) is 6.93. The van der Waals surface area contributed by atoms with E-state index in [1.54, 1.807) is 11.3 Å². The standard InChI is InChI=1S/C20H28N2O4S/c1-4-5-19-22-17(13-27-19)18(23)11-21-10-14(2)15-6-8-16(9-7-15)26-12-20(24)25-3/h6-9,13-14,18,21,23H,4-5,10-12H2,1-3H3. The molecule has 0 radical (unpaired) electrons. The molecule has 0 bridgehead atoms. The first-order valence-electron chi connectivity index (χ1n) is 9.16. The van der Waals surface area contributed by atoms with E-state index in [-0.39, 0.29) is 12.5 Å². The molecule has 0 fully saturated rings. The van der Waals surface area contributed by atoms with Crippen LogP contribution in [0, 0.1) is 0 Å². The van der Waals surface area contributed by atoms with Crippen molar-refractivity contribution in [2.24, 2.45) is 0 Å². The van der Waals surface area contributed by atoms with E-state index in [2.05, 4.69) is 28.9 Å². The smallest absolute Gasteiger partial charge is 0.343 e. The number of aryl methyl sites for hydroxylation is 1. The van der Waals surface area contributed by atoms with E-state index in [9.17, 15) is 9.90 Å². The largest absolute Gasteiger partial charge is 0.482 e. The van der Waals surface area contributed by atoms with Crippen LogP contribution in [0.4, 0.5) is 0 Å². The van der Waals surface area contributed by atoms with Gasteiger partial charge in [-0.15, -0.1) is 11.3 Å². The van der Waals surface area contributed by atoms with E-state index in [1.165, 1.54) is 7.11 Å². The van der Waals surface area contributed by atoms with Crippen LogP contribution < -0.4 is 10.1 Å². The number of ether oxygens (including phenoxy) is 2. The molecule has 0 saturated heterocycles. The van der Waals surface area contributed by atoms with Gasteiger partial charge in [0.15, 0.2) is 6.61 Å². The molecular weight excluding hydrogens is 364 g/mol. The molecule has 0 aliphatic heterocycles. The van der Waals surface area contributed by atoms with Crippen LogP contribution in [0.2, 0.25) is 0 Å². The Labute approximate surface area is 164 Å². The van der Waals surface area contributed by atoms with Gasteiger partial charge in [0.1, 0.15) is 11.9 Å². The number of methoxy groups -OCH3 is 1. The molecule has 0 saturated carbocycles. The first-order valence-corrected chi connectivity index (χ1v) is 10.0. The summed E-state index contributed by atoms with van der Waals surface area (Å²) in [4.78, 5) is 15.6. The van der Waals surface area contributed by atoms with Gasteiger partial charge in [-0.25, -0.2) is 9.78 Å². The van der Waals surface area contributed by atoms with Crippen LogP contribution in [-0.2, 0) is 16.0 Å². The van der Waals surface area contributed by atoms with E-state index < -0.39 is 12.1 Å². The number of hydrogen-bond acceptors (Lipinski definition) is 7. The first kappa shape index (κ1) is 21.3. The van der Waals surface area contributed by atoms with Crippen molar-refractivity contribution in [3.05, 3.63) is 45.9 Å². The number of nitrogens with zero attached hydrogens (tertiary/aromatic N) is 1. The molecule has 2 atom stereocenters. The number of benzene rings is 1. The summed E-state index contributed by atoms with van der Waals surface area (Å²) < 4.78 is 9.89. The summed E-state index contributed by atoms with van der Waals surface area (Å²) in [7, 11) is 1.33. The Morgan fingerprint density at radius 1 is 1.30 bits per heavy atom. The number of nitrogens with one attached hydrogen (secondary N) is 1. The highest BCUT2D eigenvalue weighted by atomic mass is 32.1. The summed E-state index contributed by atoms with van der Waals surface area (Å²) in [5.74, 6) is 0.501. The summed E-state index contributed by atoms with van der Waals surface area (Å²) in [6, 6.07) is 7.64. The van der Waals surface area contributed by atoms with Crippen molar-refractivity contribution in [2.45, 2.75) is 38.7 Å². The summed E-state index contributed by atoms with van der Waals surface area (Å²) in [6.45, 7) is 5.36. The van der Waals surface area contributed by atoms with Crippen molar-refractivity contribution in [1.82, 2.24) is 10.3 Å². The maximum atomic E-state index is 11.1. The fourth-order valence-corrected chi connectivity index (χ4v) is 3.51. The number of hydrogen-bond donors (Lipinski definition) is 2. The number of carbonyl (C=O) groups excluding carboxylic acids is 1. The minimum atomic E-state index is -0.590. The SMILES string of the molecule is CCCc1nc(C(O)CNCC(C)c2ccc(OCC(=O)OC)cc2)cs1. The van der Waals surface area contributed by atoms with Gasteiger partial charge in [-0.05, 0) is 36.5 Å². The number of rotatable bonds is 11. The Kier molecular flexibility index (Phi) is 8.71. The summed E-state index contributed by atoms with van der Waals surface area (Å²) in [5, 5.41) is 16.6. The number of esters is 1. The van der Waals surface area contributed by atoms with Crippen molar-refractivity contribution in [3.63, 3.8) is 0 Å². The van der Waals surface area contributed by atoms with Gasteiger partial charge in [0.25, 0.3) is 0 Å². The third-order valence-corrected chi connectivity index (χ3v) is 5.12. The lowest BCUT2D eigenvalue weighted by Gasteiger charge is -2.15. The van der Waals surface area contributed by atoms with Crippen molar-refractivity contribution in [2.75, 3.05) is 26.8 Å². The molecule has 1 aromatic carbocycles. The summed E-state index contributed by atoms with van der Waals surface area (Å²) in [5.41, 5.74) is 1.90. The molecule has 2 rings (SSSR count). The van der Waals surface area contributed by atoms with Crippen LogP contribution in [0.1, 0.15) is 48.6 Å². The molecule has 0 amide bonds. The Morgan fingerprint density at radius 3 is 2.70 bits per heavy atom. The monoisotopic (exact) mass is 392 g/mol.